The fraction of sp³-hybridized carbons (Fsp3) is 0.588. The highest BCUT2D eigenvalue weighted by molar-refractivity contribution is 7.88. The molecule has 4 rings (SSSR count). The number of amides is 1. The lowest BCUT2D eigenvalue weighted by Gasteiger charge is -2.38. The van der Waals surface area contributed by atoms with E-state index in [0.717, 1.165) is 0 Å². The van der Waals surface area contributed by atoms with Gasteiger partial charge >= 0.3 is 0 Å². The highest BCUT2D eigenvalue weighted by Gasteiger charge is 2.34. The van der Waals surface area contributed by atoms with Crippen LogP contribution in [0.4, 0.5) is 0 Å². The van der Waals surface area contributed by atoms with Crippen molar-refractivity contribution in [2.75, 3.05) is 32.4 Å². The van der Waals surface area contributed by atoms with Crippen molar-refractivity contribution >= 4 is 15.9 Å². The minimum Gasteiger partial charge on any atom is -0.459 e. The number of piperidine rings is 1. The lowest BCUT2D eigenvalue weighted by molar-refractivity contribution is 0.0455. The van der Waals surface area contributed by atoms with Gasteiger partial charge in [-0.15, -0.1) is 0 Å². The van der Waals surface area contributed by atoms with Gasteiger partial charge in [-0.3, -0.25) is 4.79 Å². The first-order valence-corrected chi connectivity index (χ1v) is 10.9. The molecule has 0 atom stereocenters. The normalized spacial score (nSPS) is 20.0. The molecule has 9 nitrogen and oxygen atoms in total. The van der Waals surface area contributed by atoms with E-state index in [1.165, 1.54) is 16.8 Å². The van der Waals surface area contributed by atoms with Gasteiger partial charge in [0, 0.05) is 44.4 Å². The molecule has 2 aliphatic heterocycles. The van der Waals surface area contributed by atoms with Gasteiger partial charge in [-0.1, -0.05) is 5.16 Å². The van der Waals surface area contributed by atoms with Crippen LogP contribution in [0.1, 0.15) is 41.0 Å². The summed E-state index contributed by atoms with van der Waals surface area (Å²) >= 11 is 0. The quantitative estimate of drug-likeness (QED) is 0.747. The van der Waals surface area contributed by atoms with Crippen molar-refractivity contribution in [3.8, 4) is 0 Å². The summed E-state index contributed by atoms with van der Waals surface area (Å²) < 4.78 is 35.2. The van der Waals surface area contributed by atoms with Crippen LogP contribution in [0.15, 0.2) is 27.3 Å². The smallest absolute Gasteiger partial charge is 0.289 e. The van der Waals surface area contributed by atoms with Crippen molar-refractivity contribution in [3.63, 3.8) is 0 Å². The van der Waals surface area contributed by atoms with Gasteiger partial charge in [-0.25, -0.2) is 12.7 Å². The molecule has 0 unspecified atom stereocenters. The second-order valence-electron chi connectivity index (χ2n) is 7.24. The number of rotatable bonds is 5. The SMILES string of the molecule is CS(=O)(=O)N1CCC(c2noc(CC3CN(C(=O)c4ccco4)C3)n2)CC1. The average molecular weight is 394 g/mol. The number of furan rings is 1. The van der Waals surface area contributed by atoms with Gasteiger partial charge in [0.25, 0.3) is 5.91 Å². The van der Waals surface area contributed by atoms with Crippen molar-refractivity contribution in [3.05, 3.63) is 35.9 Å². The molecule has 0 N–H and O–H groups in total. The van der Waals surface area contributed by atoms with Crippen molar-refractivity contribution in [1.29, 1.82) is 0 Å². The van der Waals surface area contributed by atoms with Crippen LogP contribution in [0.5, 0.6) is 0 Å². The zero-order chi connectivity index (χ0) is 19.0. The van der Waals surface area contributed by atoms with E-state index in [9.17, 15) is 13.2 Å². The molecule has 10 heteroatoms. The van der Waals surface area contributed by atoms with E-state index in [1.807, 2.05) is 0 Å². The van der Waals surface area contributed by atoms with E-state index in [-0.39, 0.29) is 11.8 Å². The Balaban J connectivity index is 1.27. The lowest BCUT2D eigenvalue weighted by Crippen LogP contribution is -2.50. The van der Waals surface area contributed by atoms with Gasteiger partial charge in [-0.2, -0.15) is 4.98 Å². The predicted octanol–water partition coefficient (Wildman–Crippen LogP) is 1.12. The first kappa shape index (κ1) is 18.2. The molecule has 146 valence electrons. The molecular weight excluding hydrogens is 372 g/mol. The Labute approximate surface area is 157 Å². The highest BCUT2D eigenvalue weighted by atomic mass is 32.2. The Morgan fingerprint density at radius 3 is 2.67 bits per heavy atom. The summed E-state index contributed by atoms with van der Waals surface area (Å²) in [5, 5.41) is 4.08. The fourth-order valence-electron chi connectivity index (χ4n) is 3.63. The Kier molecular flexibility index (Phi) is 4.77. The summed E-state index contributed by atoms with van der Waals surface area (Å²) in [5.74, 6) is 1.91. The van der Waals surface area contributed by atoms with Crippen LogP contribution in [-0.2, 0) is 16.4 Å². The third kappa shape index (κ3) is 3.91. The lowest BCUT2D eigenvalue weighted by atomic mass is 9.95. The maximum Gasteiger partial charge on any atom is 0.289 e. The number of carbonyl (C=O) groups excluding carboxylic acids is 1. The largest absolute Gasteiger partial charge is 0.459 e. The van der Waals surface area contributed by atoms with Crippen molar-refractivity contribution < 1.29 is 22.2 Å². The summed E-state index contributed by atoms with van der Waals surface area (Å²) in [6.45, 7) is 2.26. The first-order valence-electron chi connectivity index (χ1n) is 9.00. The van der Waals surface area contributed by atoms with Crippen LogP contribution in [0.25, 0.3) is 0 Å². The molecular formula is C17H22N4O5S. The molecule has 0 aromatic carbocycles. The summed E-state index contributed by atoms with van der Waals surface area (Å²) in [7, 11) is -3.14. The van der Waals surface area contributed by atoms with Crippen LogP contribution in [0.2, 0.25) is 0 Å². The Bertz CT molecular complexity index is 894. The molecule has 0 aliphatic carbocycles. The van der Waals surface area contributed by atoms with Crippen molar-refractivity contribution in [2.24, 2.45) is 5.92 Å². The molecule has 0 saturated carbocycles. The molecule has 2 saturated heterocycles. The maximum atomic E-state index is 12.1. The molecule has 4 heterocycles. The number of hydrogen-bond acceptors (Lipinski definition) is 7. The summed E-state index contributed by atoms with van der Waals surface area (Å²) in [6.07, 6.45) is 4.75. The number of carbonyl (C=O) groups is 1. The van der Waals surface area contributed by atoms with E-state index in [1.54, 1.807) is 17.0 Å². The topological polar surface area (TPSA) is 110 Å². The Morgan fingerprint density at radius 2 is 2.04 bits per heavy atom. The third-order valence-electron chi connectivity index (χ3n) is 5.21. The van der Waals surface area contributed by atoms with Crippen molar-refractivity contribution in [2.45, 2.75) is 25.2 Å². The Hall–Kier alpha value is -2.20. The van der Waals surface area contributed by atoms with Crippen LogP contribution >= 0.6 is 0 Å². The molecule has 2 aliphatic rings. The second kappa shape index (κ2) is 7.08. The van der Waals surface area contributed by atoms with Gasteiger partial charge in [0.05, 0.1) is 12.5 Å². The van der Waals surface area contributed by atoms with Crippen LogP contribution < -0.4 is 0 Å². The number of nitrogens with zero attached hydrogens (tertiary/aromatic N) is 4. The monoisotopic (exact) mass is 394 g/mol. The van der Waals surface area contributed by atoms with Gasteiger partial charge < -0.3 is 13.8 Å². The predicted molar refractivity (Wildman–Crippen MR) is 94.5 cm³/mol. The summed E-state index contributed by atoms with van der Waals surface area (Å²) in [6, 6.07) is 3.36. The zero-order valence-corrected chi connectivity index (χ0v) is 15.9. The van der Waals surface area contributed by atoms with Crippen LogP contribution in [-0.4, -0.2) is 66.1 Å². The third-order valence-corrected chi connectivity index (χ3v) is 6.51. The highest BCUT2D eigenvalue weighted by Crippen LogP contribution is 2.28. The maximum absolute atomic E-state index is 12.1. The minimum atomic E-state index is -3.14. The van der Waals surface area contributed by atoms with Gasteiger partial charge in [0.2, 0.25) is 15.9 Å². The number of sulfonamides is 1. The van der Waals surface area contributed by atoms with Gasteiger partial charge in [-0.05, 0) is 25.0 Å². The molecule has 27 heavy (non-hydrogen) atoms. The molecule has 2 aromatic heterocycles. The molecule has 0 bridgehead atoms. The zero-order valence-electron chi connectivity index (χ0n) is 15.1. The van der Waals surface area contributed by atoms with E-state index >= 15 is 0 Å². The number of hydrogen-bond donors (Lipinski definition) is 0. The van der Waals surface area contributed by atoms with Crippen LogP contribution in [0.3, 0.4) is 0 Å². The first-order chi connectivity index (χ1) is 12.9. The van der Waals surface area contributed by atoms with E-state index < -0.39 is 10.0 Å². The van der Waals surface area contributed by atoms with E-state index in [4.69, 9.17) is 8.94 Å². The van der Waals surface area contributed by atoms with E-state index in [0.29, 0.717) is 68.8 Å². The average Bonchev–Trinajstić information content (AvgIpc) is 3.28. The fourth-order valence-corrected chi connectivity index (χ4v) is 4.50. The van der Waals surface area contributed by atoms with Crippen LogP contribution in [0, 0.1) is 5.92 Å². The summed E-state index contributed by atoms with van der Waals surface area (Å²) in [5.41, 5.74) is 0. The molecule has 2 aromatic rings. The van der Waals surface area contributed by atoms with E-state index in [2.05, 4.69) is 10.1 Å². The number of likely N-dealkylation sites (tertiary alicyclic amines) is 1. The second-order valence-corrected chi connectivity index (χ2v) is 9.22. The van der Waals surface area contributed by atoms with Gasteiger partial charge in [0.1, 0.15) is 0 Å². The number of aromatic nitrogens is 2. The summed E-state index contributed by atoms with van der Waals surface area (Å²) in [4.78, 5) is 18.4. The molecule has 1 amide bonds. The molecule has 0 spiro atoms. The molecule has 2 fully saturated rings. The Morgan fingerprint density at radius 1 is 1.30 bits per heavy atom. The standard InChI is InChI=1S/C17H22N4O5S/c1-27(23,24)21-6-4-13(5-7-21)16-18-15(26-19-16)9-12-10-20(11-12)17(22)14-3-2-8-25-14/h2-3,8,12-13H,4-7,9-11H2,1H3. The minimum absolute atomic E-state index is 0.0971. The van der Waals surface area contributed by atoms with Gasteiger partial charge in [0.15, 0.2) is 11.6 Å². The van der Waals surface area contributed by atoms with Crippen molar-refractivity contribution in [1.82, 2.24) is 19.3 Å². The molecule has 0 radical (unpaired) electrons.